The summed E-state index contributed by atoms with van der Waals surface area (Å²) in [5.41, 5.74) is -1.59. The van der Waals surface area contributed by atoms with Crippen LogP contribution in [0.3, 0.4) is 0 Å². The molecule has 4 aliphatic carbocycles. The quantitative estimate of drug-likeness (QED) is 0.656. The fourth-order valence-corrected chi connectivity index (χ4v) is 8.47. The van der Waals surface area contributed by atoms with Crippen LogP contribution in [0.5, 0.6) is 0 Å². The summed E-state index contributed by atoms with van der Waals surface area (Å²) in [6, 6.07) is 0. The molecule has 0 aromatic heterocycles. The zero-order chi connectivity index (χ0) is 24.7. The Morgan fingerprint density at radius 1 is 1.09 bits per heavy atom. The highest BCUT2D eigenvalue weighted by Gasteiger charge is 2.70. The van der Waals surface area contributed by atoms with Crippen molar-refractivity contribution >= 4 is 23.3 Å². The minimum Gasteiger partial charge on any atom is -0.481 e. The number of fused-ring (bicyclic) bond motifs is 4. The maximum atomic E-state index is 13.9. The summed E-state index contributed by atoms with van der Waals surface area (Å²) in [4.78, 5) is 51.5. The van der Waals surface area contributed by atoms with Crippen LogP contribution in [-0.2, 0) is 19.2 Å². The van der Waals surface area contributed by atoms with Gasteiger partial charge in [-0.05, 0) is 54.9 Å². The van der Waals surface area contributed by atoms with Gasteiger partial charge in [0.1, 0.15) is 11.6 Å². The number of hydrogen-bond acceptors (Lipinski definition) is 5. The number of Topliss-reactive ketones (excluding diaryl/α,β-unsaturated/α-hetero) is 3. The highest BCUT2D eigenvalue weighted by molar-refractivity contribution is 6.05. The molecule has 0 aromatic carbocycles. The van der Waals surface area contributed by atoms with Crippen LogP contribution in [0.1, 0.15) is 86.5 Å². The number of carboxylic acid groups (broad SMARTS) is 1. The lowest BCUT2D eigenvalue weighted by atomic mass is 9.42. The van der Waals surface area contributed by atoms with Gasteiger partial charge in [-0.1, -0.05) is 34.6 Å². The number of rotatable bonds is 4. The van der Waals surface area contributed by atoms with Gasteiger partial charge in [0.2, 0.25) is 0 Å². The number of aliphatic hydroxyl groups excluding tert-OH is 1. The van der Waals surface area contributed by atoms with E-state index >= 15 is 0 Å². The molecule has 7 atom stereocenters. The Labute approximate surface area is 196 Å². The number of aliphatic hydroxyl groups is 1. The summed E-state index contributed by atoms with van der Waals surface area (Å²) in [5.74, 6) is -0.948. The van der Waals surface area contributed by atoms with Gasteiger partial charge in [-0.2, -0.15) is 0 Å². The third-order valence-corrected chi connectivity index (χ3v) is 10.6. The van der Waals surface area contributed by atoms with Crippen molar-refractivity contribution < 1.29 is 29.4 Å². The fourth-order valence-electron chi connectivity index (χ4n) is 8.47. The van der Waals surface area contributed by atoms with Gasteiger partial charge in [0.25, 0.3) is 0 Å². The fraction of sp³-hybridized carbons (Fsp3) is 0.778. The lowest BCUT2D eigenvalue weighted by Crippen LogP contribution is -2.60. The van der Waals surface area contributed by atoms with E-state index < -0.39 is 33.7 Å². The van der Waals surface area contributed by atoms with Gasteiger partial charge in [-0.15, -0.1) is 0 Å². The molecule has 0 spiro atoms. The molecule has 0 saturated heterocycles. The molecule has 33 heavy (non-hydrogen) atoms. The third-order valence-electron chi connectivity index (χ3n) is 10.6. The van der Waals surface area contributed by atoms with E-state index in [4.69, 9.17) is 5.11 Å². The third kappa shape index (κ3) is 3.01. The molecule has 4 rings (SSSR count). The molecule has 0 aromatic rings. The highest BCUT2D eigenvalue weighted by atomic mass is 16.4. The predicted octanol–water partition coefficient (Wildman–Crippen LogP) is 4.13. The molecule has 0 heterocycles. The molecular formula is C27H38O6. The second kappa shape index (κ2) is 7.34. The summed E-state index contributed by atoms with van der Waals surface area (Å²) < 4.78 is 0. The number of carbonyl (C=O) groups excluding carboxylic acids is 3. The van der Waals surface area contributed by atoms with Gasteiger partial charge in [-0.25, -0.2) is 0 Å². The molecule has 2 saturated carbocycles. The van der Waals surface area contributed by atoms with Crippen molar-refractivity contribution in [2.75, 3.05) is 0 Å². The van der Waals surface area contributed by atoms with Crippen molar-refractivity contribution in [3.8, 4) is 0 Å². The first-order valence-corrected chi connectivity index (χ1v) is 12.4. The van der Waals surface area contributed by atoms with E-state index in [0.717, 1.165) is 0 Å². The van der Waals surface area contributed by atoms with E-state index in [9.17, 15) is 24.3 Å². The lowest BCUT2D eigenvalue weighted by Gasteiger charge is -2.60. The van der Waals surface area contributed by atoms with Crippen molar-refractivity contribution in [1.82, 2.24) is 0 Å². The average Bonchev–Trinajstić information content (AvgIpc) is 2.92. The normalized spacial score (nSPS) is 43.1. The second-order valence-electron chi connectivity index (χ2n) is 12.4. The summed E-state index contributed by atoms with van der Waals surface area (Å²) in [6.45, 7) is 11.8. The van der Waals surface area contributed by atoms with Crippen molar-refractivity contribution in [3.63, 3.8) is 0 Å². The van der Waals surface area contributed by atoms with E-state index in [2.05, 4.69) is 6.92 Å². The van der Waals surface area contributed by atoms with Gasteiger partial charge in [0, 0.05) is 42.1 Å². The summed E-state index contributed by atoms with van der Waals surface area (Å²) in [6.07, 6.45) is 1.42. The summed E-state index contributed by atoms with van der Waals surface area (Å²) in [7, 11) is 0. The van der Waals surface area contributed by atoms with E-state index in [1.807, 2.05) is 34.6 Å². The van der Waals surface area contributed by atoms with Crippen LogP contribution in [0.2, 0.25) is 0 Å². The SMILES string of the molecule is C[C@@H](CCC(=O)O)[C@H]1CC(=O)[C@@]2(C)C3=C(C(=O)C[C@]12C)[C@@]1(C)CCC(=O)C(C)(C)[C@@H]1C[C@H]3O. The first-order valence-electron chi connectivity index (χ1n) is 12.4. The van der Waals surface area contributed by atoms with Crippen molar-refractivity contribution in [2.24, 2.45) is 39.4 Å². The number of aliphatic carboxylic acids is 1. The molecule has 182 valence electrons. The Hall–Kier alpha value is -1.82. The molecule has 0 bridgehead atoms. The number of hydrogen-bond donors (Lipinski definition) is 2. The number of allylic oxidation sites excluding steroid dienone is 1. The van der Waals surface area contributed by atoms with Gasteiger partial charge >= 0.3 is 5.97 Å². The highest BCUT2D eigenvalue weighted by Crippen LogP contribution is 2.70. The molecule has 0 amide bonds. The molecular weight excluding hydrogens is 420 g/mol. The smallest absolute Gasteiger partial charge is 0.303 e. The van der Waals surface area contributed by atoms with Crippen LogP contribution in [-0.4, -0.2) is 39.6 Å². The van der Waals surface area contributed by atoms with Crippen LogP contribution >= 0.6 is 0 Å². The van der Waals surface area contributed by atoms with Crippen LogP contribution in [0.4, 0.5) is 0 Å². The Balaban J connectivity index is 1.85. The standard InChI is InChI=1S/C27H38O6/c1-14(7-8-21(32)33)15-11-20(31)27(6)23-16(28)12-18-24(2,3)19(30)9-10-25(18,4)22(23)17(29)13-26(15,27)5/h14-16,18,28H,7-13H2,1-6H3,(H,32,33)/t14-,15+,16+,18-,25-,26+,27-/m0/s1. The van der Waals surface area contributed by atoms with Gasteiger partial charge in [0.05, 0.1) is 11.5 Å². The first kappa shape index (κ1) is 24.3. The van der Waals surface area contributed by atoms with Crippen molar-refractivity contribution in [3.05, 3.63) is 11.1 Å². The monoisotopic (exact) mass is 458 g/mol. The lowest BCUT2D eigenvalue weighted by molar-refractivity contribution is -0.147. The van der Waals surface area contributed by atoms with Crippen LogP contribution in [0.15, 0.2) is 11.1 Å². The van der Waals surface area contributed by atoms with Crippen molar-refractivity contribution in [2.45, 2.75) is 92.6 Å². The van der Waals surface area contributed by atoms with Crippen LogP contribution in [0.25, 0.3) is 0 Å². The molecule has 0 radical (unpaired) electrons. The van der Waals surface area contributed by atoms with E-state index in [1.165, 1.54) is 0 Å². The van der Waals surface area contributed by atoms with Crippen molar-refractivity contribution in [1.29, 1.82) is 0 Å². The molecule has 0 unspecified atom stereocenters. The van der Waals surface area contributed by atoms with E-state index in [0.29, 0.717) is 43.3 Å². The van der Waals surface area contributed by atoms with E-state index in [1.54, 1.807) is 0 Å². The Morgan fingerprint density at radius 3 is 2.33 bits per heavy atom. The zero-order valence-electron chi connectivity index (χ0n) is 20.8. The molecule has 0 aliphatic heterocycles. The minimum atomic E-state index is -0.961. The number of ketones is 3. The zero-order valence-corrected chi connectivity index (χ0v) is 20.8. The average molecular weight is 459 g/mol. The maximum Gasteiger partial charge on any atom is 0.303 e. The summed E-state index contributed by atoms with van der Waals surface area (Å²) >= 11 is 0. The predicted molar refractivity (Wildman–Crippen MR) is 122 cm³/mol. The van der Waals surface area contributed by atoms with Gasteiger partial charge in [-0.3, -0.25) is 19.2 Å². The molecule has 6 nitrogen and oxygen atoms in total. The minimum absolute atomic E-state index is 0.00786. The van der Waals surface area contributed by atoms with Gasteiger partial charge < -0.3 is 10.2 Å². The Morgan fingerprint density at radius 2 is 1.73 bits per heavy atom. The second-order valence-corrected chi connectivity index (χ2v) is 12.4. The number of carboxylic acids is 1. The first-order chi connectivity index (χ1) is 15.1. The van der Waals surface area contributed by atoms with Gasteiger partial charge in [0.15, 0.2) is 5.78 Å². The van der Waals surface area contributed by atoms with Crippen LogP contribution in [0, 0.1) is 39.4 Å². The Kier molecular flexibility index (Phi) is 5.41. The Bertz CT molecular complexity index is 975. The van der Waals surface area contributed by atoms with Crippen LogP contribution < -0.4 is 0 Å². The maximum absolute atomic E-state index is 13.9. The molecule has 2 N–H and O–H groups in total. The molecule has 6 heteroatoms. The topological polar surface area (TPSA) is 109 Å². The van der Waals surface area contributed by atoms with E-state index in [-0.39, 0.29) is 47.9 Å². The largest absolute Gasteiger partial charge is 0.481 e. The molecule has 4 aliphatic rings. The number of carbonyl (C=O) groups is 4. The molecule has 2 fully saturated rings. The summed E-state index contributed by atoms with van der Waals surface area (Å²) in [5, 5.41) is 20.6.